The molecule has 4 aromatic rings. The predicted octanol–water partition coefficient (Wildman–Crippen LogP) is 3.24. The summed E-state index contributed by atoms with van der Waals surface area (Å²) in [5, 5.41) is 11.0. The highest BCUT2D eigenvalue weighted by molar-refractivity contribution is 5.90. The third-order valence-corrected chi connectivity index (χ3v) is 5.07. The van der Waals surface area contributed by atoms with Crippen molar-refractivity contribution in [1.29, 1.82) is 0 Å². The number of rotatable bonds is 7. The zero-order chi connectivity index (χ0) is 22.7. The smallest absolute Gasteiger partial charge is 0.300 e. The second-order valence-corrected chi connectivity index (χ2v) is 7.55. The lowest BCUT2D eigenvalue weighted by Crippen LogP contribution is -2.21. The molecule has 4 rings (SSSR count). The minimum atomic E-state index is -0.432. The van der Waals surface area contributed by atoms with Crippen molar-refractivity contribution in [1.82, 2.24) is 19.2 Å². The zero-order valence-electron chi connectivity index (χ0n) is 17.7. The summed E-state index contributed by atoms with van der Waals surface area (Å²) in [5.41, 5.74) is 0.836. The molecule has 9 heteroatoms. The van der Waals surface area contributed by atoms with Crippen LogP contribution in [0.3, 0.4) is 0 Å². The zero-order valence-corrected chi connectivity index (χ0v) is 17.7. The molecule has 0 aliphatic heterocycles. The highest BCUT2D eigenvalue weighted by atomic mass is 19.1. The molecule has 0 aliphatic carbocycles. The van der Waals surface area contributed by atoms with E-state index in [0.717, 1.165) is 0 Å². The van der Waals surface area contributed by atoms with Crippen LogP contribution in [0.1, 0.15) is 19.2 Å². The average molecular weight is 435 g/mol. The van der Waals surface area contributed by atoms with Gasteiger partial charge in [0, 0.05) is 30.9 Å². The standard InChI is InChI=1S/C23H22FN5O3/c1-15(13-21(30)25-17-6-8-19(32-2)9-7-17)12-20-26-27-22-23(31)28(10-11-29(20)22)18-5-3-4-16(24)14-18/h3-11,14-15H,12-13H2,1-2H3,(H,25,30). The highest BCUT2D eigenvalue weighted by Gasteiger charge is 2.16. The van der Waals surface area contributed by atoms with Crippen molar-refractivity contribution >= 4 is 17.2 Å². The molecule has 1 atom stereocenters. The van der Waals surface area contributed by atoms with E-state index in [1.165, 1.54) is 22.8 Å². The van der Waals surface area contributed by atoms with Crippen LogP contribution in [0, 0.1) is 11.7 Å². The number of hydrogen-bond donors (Lipinski definition) is 1. The number of methoxy groups -OCH3 is 1. The maximum Gasteiger partial charge on any atom is 0.300 e. The van der Waals surface area contributed by atoms with E-state index >= 15 is 0 Å². The second kappa shape index (κ2) is 9.01. The number of nitrogens with zero attached hydrogens (tertiary/aromatic N) is 4. The van der Waals surface area contributed by atoms with Crippen molar-refractivity contribution < 1.29 is 13.9 Å². The van der Waals surface area contributed by atoms with Gasteiger partial charge in [-0.25, -0.2) is 4.39 Å². The van der Waals surface area contributed by atoms with E-state index in [9.17, 15) is 14.0 Å². The predicted molar refractivity (Wildman–Crippen MR) is 118 cm³/mol. The molecule has 0 saturated heterocycles. The van der Waals surface area contributed by atoms with Crippen molar-refractivity contribution in [3.63, 3.8) is 0 Å². The number of amides is 1. The molecule has 0 fully saturated rings. The summed E-state index contributed by atoms with van der Waals surface area (Å²) >= 11 is 0. The first kappa shape index (κ1) is 21.2. The molecule has 2 aromatic heterocycles. The summed E-state index contributed by atoms with van der Waals surface area (Å²) in [7, 11) is 1.58. The van der Waals surface area contributed by atoms with Crippen LogP contribution in [-0.2, 0) is 11.2 Å². The lowest BCUT2D eigenvalue weighted by Gasteiger charge is -2.11. The molecule has 0 spiro atoms. The fourth-order valence-corrected chi connectivity index (χ4v) is 3.49. The van der Waals surface area contributed by atoms with E-state index in [0.29, 0.717) is 29.4 Å². The van der Waals surface area contributed by atoms with Crippen molar-refractivity contribution in [2.45, 2.75) is 19.8 Å². The van der Waals surface area contributed by atoms with Crippen LogP contribution in [0.2, 0.25) is 0 Å². The van der Waals surface area contributed by atoms with Gasteiger partial charge in [0.2, 0.25) is 11.6 Å². The number of halogens is 1. The van der Waals surface area contributed by atoms with Gasteiger partial charge in [0.25, 0.3) is 0 Å². The topological polar surface area (TPSA) is 90.5 Å². The fourth-order valence-electron chi connectivity index (χ4n) is 3.49. The van der Waals surface area contributed by atoms with Crippen LogP contribution in [0.15, 0.2) is 65.7 Å². The number of carbonyl (C=O) groups excluding carboxylic acids is 1. The Morgan fingerprint density at radius 2 is 1.94 bits per heavy atom. The lowest BCUT2D eigenvalue weighted by atomic mass is 10.0. The number of nitrogens with one attached hydrogen (secondary N) is 1. The maximum atomic E-state index is 13.5. The van der Waals surface area contributed by atoms with Gasteiger partial charge < -0.3 is 10.1 Å². The number of ether oxygens (including phenoxy) is 1. The number of hydrogen-bond acceptors (Lipinski definition) is 5. The first-order chi connectivity index (χ1) is 15.4. The molecule has 1 amide bonds. The van der Waals surface area contributed by atoms with Gasteiger partial charge in [0.05, 0.1) is 12.8 Å². The largest absolute Gasteiger partial charge is 0.497 e. The minimum absolute atomic E-state index is 0.0358. The van der Waals surface area contributed by atoms with Crippen LogP contribution in [0.25, 0.3) is 11.3 Å². The molecule has 2 aromatic carbocycles. The van der Waals surface area contributed by atoms with E-state index in [4.69, 9.17) is 4.74 Å². The summed E-state index contributed by atoms with van der Waals surface area (Å²) < 4.78 is 21.6. The van der Waals surface area contributed by atoms with E-state index in [2.05, 4.69) is 15.5 Å². The monoisotopic (exact) mass is 435 g/mol. The van der Waals surface area contributed by atoms with Gasteiger partial charge in [-0.1, -0.05) is 13.0 Å². The molecule has 1 N–H and O–H groups in total. The third kappa shape index (κ3) is 4.51. The summed E-state index contributed by atoms with van der Waals surface area (Å²) in [4.78, 5) is 25.2. The third-order valence-electron chi connectivity index (χ3n) is 5.07. The number of fused-ring (bicyclic) bond motifs is 1. The van der Waals surface area contributed by atoms with Crippen molar-refractivity contribution in [2.24, 2.45) is 5.92 Å². The van der Waals surface area contributed by atoms with Crippen LogP contribution in [0.4, 0.5) is 10.1 Å². The van der Waals surface area contributed by atoms with Gasteiger partial charge in [0.1, 0.15) is 17.4 Å². The van der Waals surface area contributed by atoms with E-state index < -0.39 is 11.4 Å². The maximum absolute atomic E-state index is 13.5. The average Bonchev–Trinajstić information content (AvgIpc) is 3.18. The molecule has 164 valence electrons. The Morgan fingerprint density at radius 3 is 2.66 bits per heavy atom. The molecule has 0 bridgehead atoms. The molecule has 32 heavy (non-hydrogen) atoms. The Hall–Kier alpha value is -4.01. The van der Waals surface area contributed by atoms with E-state index in [1.54, 1.807) is 54.2 Å². The molecule has 1 unspecified atom stereocenters. The normalized spacial score (nSPS) is 12.0. The minimum Gasteiger partial charge on any atom is -0.497 e. The number of carbonyl (C=O) groups is 1. The van der Waals surface area contributed by atoms with Gasteiger partial charge in [-0.3, -0.25) is 18.6 Å². The van der Waals surface area contributed by atoms with Gasteiger partial charge in [-0.2, -0.15) is 0 Å². The van der Waals surface area contributed by atoms with Gasteiger partial charge in [-0.15, -0.1) is 10.2 Å². The van der Waals surface area contributed by atoms with Gasteiger partial charge >= 0.3 is 5.56 Å². The molecular weight excluding hydrogens is 413 g/mol. The summed E-state index contributed by atoms with van der Waals surface area (Å²) in [6.07, 6.45) is 3.96. The van der Waals surface area contributed by atoms with Crippen molar-refractivity contribution in [3.05, 3.63) is 82.9 Å². The van der Waals surface area contributed by atoms with Crippen molar-refractivity contribution in [2.75, 3.05) is 12.4 Å². The van der Waals surface area contributed by atoms with Crippen LogP contribution in [-0.4, -0.2) is 32.2 Å². The SMILES string of the molecule is COc1ccc(NC(=O)CC(C)Cc2nnc3c(=O)n(-c4cccc(F)c4)ccn23)cc1. The second-order valence-electron chi connectivity index (χ2n) is 7.55. The molecule has 0 saturated carbocycles. The molecule has 0 radical (unpaired) electrons. The molecular formula is C23H22FN5O3. The quantitative estimate of drug-likeness (QED) is 0.481. The molecule has 2 heterocycles. The number of anilines is 1. The summed E-state index contributed by atoms with van der Waals surface area (Å²) in [6.45, 7) is 1.93. The fraction of sp³-hybridized carbons (Fsp3) is 0.217. The van der Waals surface area contributed by atoms with Gasteiger partial charge in [0.15, 0.2) is 0 Å². The first-order valence-corrected chi connectivity index (χ1v) is 10.1. The Balaban J connectivity index is 1.46. The first-order valence-electron chi connectivity index (χ1n) is 10.1. The number of benzene rings is 2. The number of aromatic nitrogens is 4. The summed E-state index contributed by atoms with van der Waals surface area (Å²) in [5.74, 6) is 0.703. The summed E-state index contributed by atoms with van der Waals surface area (Å²) in [6, 6.07) is 12.9. The Bertz CT molecular complexity index is 1310. The van der Waals surface area contributed by atoms with Gasteiger partial charge in [-0.05, 0) is 48.4 Å². The molecule has 0 aliphatic rings. The van der Waals surface area contributed by atoms with Crippen LogP contribution in [0.5, 0.6) is 5.75 Å². The highest BCUT2D eigenvalue weighted by Crippen LogP contribution is 2.17. The lowest BCUT2D eigenvalue weighted by molar-refractivity contribution is -0.116. The van der Waals surface area contributed by atoms with Crippen molar-refractivity contribution in [3.8, 4) is 11.4 Å². The van der Waals surface area contributed by atoms with Crippen LogP contribution < -0.4 is 15.6 Å². The Morgan fingerprint density at radius 1 is 1.16 bits per heavy atom. The van der Waals surface area contributed by atoms with E-state index in [-0.39, 0.29) is 23.9 Å². The Labute approximate surface area is 183 Å². The van der Waals surface area contributed by atoms with E-state index in [1.807, 2.05) is 6.92 Å². The Kier molecular flexibility index (Phi) is 5.98. The molecule has 8 nitrogen and oxygen atoms in total. The van der Waals surface area contributed by atoms with Crippen LogP contribution >= 0.6 is 0 Å².